The molecule has 82 valence electrons. The third-order valence-corrected chi connectivity index (χ3v) is 2.13. The molecule has 0 N–H and O–H groups in total. The van der Waals surface area contributed by atoms with Crippen LogP contribution < -0.4 is 5.69 Å². The molecule has 0 amide bonds. The Morgan fingerprint density at radius 3 is 2.88 bits per heavy atom. The third-order valence-electron chi connectivity index (χ3n) is 2.13. The van der Waals surface area contributed by atoms with Gasteiger partial charge in [-0.2, -0.15) is 0 Å². The molecule has 0 spiro atoms. The first-order chi connectivity index (χ1) is 7.66. The topological polar surface area (TPSA) is 34.9 Å². The van der Waals surface area contributed by atoms with Gasteiger partial charge in [-0.05, 0) is 24.3 Å². The molecule has 16 heavy (non-hydrogen) atoms. The number of hydrogen-bond donors (Lipinski definition) is 0. The molecule has 3 nitrogen and oxygen atoms in total. The van der Waals surface area contributed by atoms with Gasteiger partial charge in [0.2, 0.25) is 0 Å². The molecule has 0 unspecified atom stereocenters. The normalized spacial score (nSPS) is 10.4. The molecule has 0 radical (unpaired) electrons. The van der Waals surface area contributed by atoms with Crippen LogP contribution in [0.25, 0.3) is 0 Å². The molecule has 0 atom stereocenters. The van der Waals surface area contributed by atoms with Gasteiger partial charge in [0, 0.05) is 18.0 Å². The number of benzene rings is 1. The quantitative estimate of drug-likeness (QED) is 0.773. The fourth-order valence-corrected chi connectivity index (χ4v) is 1.36. The van der Waals surface area contributed by atoms with E-state index >= 15 is 0 Å². The fraction of sp³-hybridized carbons (Fsp3) is 0.0909. The van der Waals surface area contributed by atoms with Crippen LogP contribution in [0.1, 0.15) is 5.56 Å². The second kappa shape index (κ2) is 4.22. The summed E-state index contributed by atoms with van der Waals surface area (Å²) in [6.45, 7) is -0.0315. The first-order valence-corrected chi connectivity index (χ1v) is 4.62. The van der Waals surface area contributed by atoms with Gasteiger partial charge in [0.15, 0.2) is 0 Å². The second-order valence-corrected chi connectivity index (χ2v) is 3.27. The molecule has 0 bridgehead atoms. The maximum Gasteiger partial charge on any atom is 0.347 e. The number of aromatic nitrogens is 2. The van der Waals surface area contributed by atoms with E-state index in [1.165, 1.54) is 17.0 Å². The molecule has 2 aromatic rings. The van der Waals surface area contributed by atoms with E-state index in [9.17, 15) is 13.6 Å². The zero-order valence-electron chi connectivity index (χ0n) is 8.23. The van der Waals surface area contributed by atoms with Crippen LogP contribution in [-0.4, -0.2) is 9.55 Å². The van der Waals surface area contributed by atoms with Crippen molar-refractivity contribution in [2.45, 2.75) is 6.54 Å². The lowest BCUT2D eigenvalue weighted by Crippen LogP contribution is -2.22. The molecule has 1 aromatic heterocycles. The lowest BCUT2D eigenvalue weighted by molar-refractivity contribution is 0.572. The smallest absolute Gasteiger partial charge is 0.295 e. The van der Waals surface area contributed by atoms with Crippen LogP contribution in [0.4, 0.5) is 8.78 Å². The van der Waals surface area contributed by atoms with E-state index in [0.29, 0.717) is 0 Å². The van der Waals surface area contributed by atoms with Gasteiger partial charge in [-0.15, -0.1) is 0 Å². The van der Waals surface area contributed by atoms with Gasteiger partial charge in [-0.1, -0.05) is 0 Å². The predicted molar refractivity (Wildman–Crippen MR) is 54.0 cm³/mol. The minimum Gasteiger partial charge on any atom is -0.295 e. The zero-order valence-corrected chi connectivity index (χ0v) is 8.23. The Morgan fingerprint density at radius 1 is 1.31 bits per heavy atom. The van der Waals surface area contributed by atoms with Gasteiger partial charge >= 0.3 is 5.69 Å². The van der Waals surface area contributed by atoms with E-state index in [0.717, 1.165) is 18.2 Å². The maximum absolute atomic E-state index is 13.3. The Balaban J connectivity index is 2.38. The summed E-state index contributed by atoms with van der Waals surface area (Å²) in [5.74, 6) is -1.08. The molecule has 0 aliphatic heterocycles. The molecule has 1 aromatic carbocycles. The lowest BCUT2D eigenvalue weighted by atomic mass is 10.2. The summed E-state index contributed by atoms with van der Waals surface area (Å²) in [6.07, 6.45) is 2.82. The van der Waals surface area contributed by atoms with Crippen LogP contribution in [0.2, 0.25) is 0 Å². The molecule has 0 aliphatic rings. The Bertz CT molecular complexity index is 566. The minimum absolute atomic E-state index is 0.0315. The monoisotopic (exact) mass is 222 g/mol. The number of rotatable bonds is 2. The molecule has 0 aliphatic carbocycles. The highest BCUT2D eigenvalue weighted by Gasteiger charge is 2.05. The highest BCUT2D eigenvalue weighted by atomic mass is 19.1. The van der Waals surface area contributed by atoms with Crippen LogP contribution in [0.3, 0.4) is 0 Å². The van der Waals surface area contributed by atoms with Crippen molar-refractivity contribution in [2.75, 3.05) is 0 Å². The average Bonchev–Trinajstić information content (AvgIpc) is 2.27. The van der Waals surface area contributed by atoms with E-state index in [2.05, 4.69) is 4.98 Å². The van der Waals surface area contributed by atoms with E-state index in [1.54, 1.807) is 6.07 Å². The van der Waals surface area contributed by atoms with Crippen molar-refractivity contribution < 1.29 is 8.78 Å². The van der Waals surface area contributed by atoms with Crippen LogP contribution >= 0.6 is 0 Å². The number of nitrogens with zero attached hydrogens (tertiary/aromatic N) is 2. The van der Waals surface area contributed by atoms with Gasteiger partial charge < -0.3 is 0 Å². The Kier molecular flexibility index (Phi) is 2.76. The summed E-state index contributed by atoms with van der Waals surface area (Å²) < 4.78 is 27.4. The van der Waals surface area contributed by atoms with Crippen LogP contribution in [0.15, 0.2) is 41.5 Å². The molecule has 0 saturated carbocycles. The zero-order chi connectivity index (χ0) is 11.5. The van der Waals surface area contributed by atoms with Gasteiger partial charge in [-0.25, -0.2) is 18.6 Å². The second-order valence-electron chi connectivity index (χ2n) is 3.27. The van der Waals surface area contributed by atoms with Crippen molar-refractivity contribution in [3.05, 3.63) is 64.3 Å². The summed E-state index contributed by atoms with van der Waals surface area (Å²) in [7, 11) is 0. The lowest BCUT2D eigenvalue weighted by Gasteiger charge is -2.05. The molecule has 0 saturated heterocycles. The first-order valence-electron chi connectivity index (χ1n) is 4.62. The van der Waals surface area contributed by atoms with Gasteiger partial charge in [-0.3, -0.25) is 4.57 Å². The molecule has 0 fully saturated rings. The summed E-state index contributed by atoms with van der Waals surface area (Å²) in [5.41, 5.74) is -0.374. The van der Waals surface area contributed by atoms with E-state index in [-0.39, 0.29) is 12.1 Å². The van der Waals surface area contributed by atoms with E-state index in [1.807, 2.05) is 0 Å². The third kappa shape index (κ3) is 2.13. The summed E-state index contributed by atoms with van der Waals surface area (Å²) in [5, 5.41) is 0. The Labute approximate surface area is 90.0 Å². The average molecular weight is 222 g/mol. The SMILES string of the molecule is O=c1ncccn1Cc1cc(F)ccc1F. The van der Waals surface area contributed by atoms with Crippen molar-refractivity contribution in [3.8, 4) is 0 Å². The maximum atomic E-state index is 13.3. The molecule has 5 heteroatoms. The summed E-state index contributed by atoms with van der Waals surface area (Å²) >= 11 is 0. The van der Waals surface area contributed by atoms with Gasteiger partial charge in [0.25, 0.3) is 0 Å². The summed E-state index contributed by atoms with van der Waals surface area (Å²) in [4.78, 5) is 14.8. The number of halogens is 2. The fourth-order valence-electron chi connectivity index (χ4n) is 1.36. The molecular formula is C11H8F2N2O. The largest absolute Gasteiger partial charge is 0.347 e. The van der Waals surface area contributed by atoms with Crippen molar-refractivity contribution in [2.24, 2.45) is 0 Å². The van der Waals surface area contributed by atoms with Crippen molar-refractivity contribution >= 4 is 0 Å². The van der Waals surface area contributed by atoms with Crippen molar-refractivity contribution in [3.63, 3.8) is 0 Å². The van der Waals surface area contributed by atoms with Crippen molar-refractivity contribution in [1.29, 1.82) is 0 Å². The first kappa shape index (κ1) is 10.5. The van der Waals surface area contributed by atoms with Crippen molar-refractivity contribution in [1.82, 2.24) is 9.55 Å². The van der Waals surface area contributed by atoms with Gasteiger partial charge in [0.05, 0.1) is 6.54 Å². The van der Waals surface area contributed by atoms with Gasteiger partial charge in [0.1, 0.15) is 11.6 Å². The van der Waals surface area contributed by atoms with Crippen LogP contribution in [-0.2, 0) is 6.54 Å². The van der Waals surface area contributed by atoms with E-state index in [4.69, 9.17) is 0 Å². The minimum atomic E-state index is -0.544. The Hall–Kier alpha value is -2.04. The Morgan fingerprint density at radius 2 is 2.12 bits per heavy atom. The molecule has 1 heterocycles. The van der Waals surface area contributed by atoms with Crippen LogP contribution in [0, 0.1) is 11.6 Å². The predicted octanol–water partition coefficient (Wildman–Crippen LogP) is 1.57. The highest BCUT2D eigenvalue weighted by molar-refractivity contribution is 5.19. The molecule has 2 rings (SSSR count). The van der Waals surface area contributed by atoms with E-state index < -0.39 is 17.3 Å². The standard InChI is InChI=1S/C11H8F2N2O/c12-9-2-3-10(13)8(6-9)7-15-5-1-4-14-11(15)16/h1-6H,7H2. The number of hydrogen-bond acceptors (Lipinski definition) is 2. The van der Waals surface area contributed by atoms with Crippen LogP contribution in [0.5, 0.6) is 0 Å². The highest BCUT2D eigenvalue weighted by Crippen LogP contribution is 2.10. The summed E-state index contributed by atoms with van der Waals surface area (Å²) in [6, 6.07) is 4.68. The molecular weight excluding hydrogens is 214 g/mol.